The van der Waals surface area contributed by atoms with Gasteiger partial charge in [0.15, 0.2) is 5.78 Å². The van der Waals surface area contributed by atoms with Crippen molar-refractivity contribution in [3.63, 3.8) is 0 Å². The lowest BCUT2D eigenvalue weighted by atomic mass is 9.99. The van der Waals surface area contributed by atoms with Gasteiger partial charge in [-0.25, -0.2) is 0 Å². The van der Waals surface area contributed by atoms with Crippen LogP contribution in [0.2, 0.25) is 0 Å². The summed E-state index contributed by atoms with van der Waals surface area (Å²) in [5.41, 5.74) is 7.24. The number of nitrogens with two attached hydrogens (primary N) is 1. The fourth-order valence-electron chi connectivity index (χ4n) is 2.79. The standard InChI is InChI=1S/C22H26ClN3O2/c23-16-21(24)25-15-7-12-19(26-22(28)18-10-5-2-6-11-18)20(27)14-13-17-8-3-1-4-9-17/h1-6,8-11,19H,7,12-16H2,(H2,24,25)(H,26,28)/t19-/m0/s1. The monoisotopic (exact) mass is 399 g/mol. The molecule has 148 valence electrons. The summed E-state index contributed by atoms with van der Waals surface area (Å²) < 4.78 is 0. The first kappa shape index (κ1) is 21.6. The summed E-state index contributed by atoms with van der Waals surface area (Å²) in [5.74, 6) is 0.330. The van der Waals surface area contributed by atoms with Gasteiger partial charge in [0.05, 0.1) is 11.9 Å². The van der Waals surface area contributed by atoms with Gasteiger partial charge in [-0.1, -0.05) is 48.5 Å². The number of rotatable bonds is 11. The second kappa shape index (κ2) is 11.9. The number of nitrogens with one attached hydrogen (secondary N) is 1. The molecule has 3 N–H and O–H groups in total. The second-order valence-corrected chi connectivity index (χ2v) is 6.76. The molecule has 0 radical (unpaired) electrons. The molecule has 0 aliphatic carbocycles. The largest absolute Gasteiger partial charge is 0.386 e. The molecule has 0 fully saturated rings. The Bertz CT molecular complexity index is 779. The molecular formula is C22H26ClN3O2. The van der Waals surface area contributed by atoms with Crippen LogP contribution in [-0.2, 0) is 11.2 Å². The first-order valence-electron chi connectivity index (χ1n) is 9.37. The van der Waals surface area contributed by atoms with Crippen LogP contribution >= 0.6 is 11.6 Å². The number of halogens is 1. The summed E-state index contributed by atoms with van der Waals surface area (Å²) in [6.07, 6.45) is 2.16. The van der Waals surface area contributed by atoms with Gasteiger partial charge in [-0.3, -0.25) is 14.6 Å². The molecule has 2 aromatic carbocycles. The number of hydrogen-bond acceptors (Lipinski definition) is 3. The molecule has 0 bridgehead atoms. The van der Waals surface area contributed by atoms with E-state index in [4.69, 9.17) is 17.3 Å². The summed E-state index contributed by atoms with van der Waals surface area (Å²) >= 11 is 5.61. The van der Waals surface area contributed by atoms with Gasteiger partial charge >= 0.3 is 0 Å². The Labute approximate surface area is 171 Å². The van der Waals surface area contributed by atoms with Gasteiger partial charge in [-0.2, -0.15) is 0 Å². The highest BCUT2D eigenvalue weighted by atomic mass is 35.5. The van der Waals surface area contributed by atoms with Crippen LogP contribution in [0.15, 0.2) is 65.7 Å². The van der Waals surface area contributed by atoms with E-state index < -0.39 is 6.04 Å². The van der Waals surface area contributed by atoms with Crippen molar-refractivity contribution >= 4 is 29.1 Å². The Morgan fingerprint density at radius 1 is 1.04 bits per heavy atom. The highest BCUT2D eigenvalue weighted by molar-refractivity contribution is 6.27. The number of amides is 1. The molecule has 28 heavy (non-hydrogen) atoms. The van der Waals surface area contributed by atoms with Crippen LogP contribution in [0.5, 0.6) is 0 Å². The number of hydrogen-bond donors (Lipinski definition) is 2. The van der Waals surface area contributed by atoms with Crippen molar-refractivity contribution in [2.24, 2.45) is 10.7 Å². The van der Waals surface area contributed by atoms with E-state index in [1.54, 1.807) is 24.3 Å². The zero-order chi connectivity index (χ0) is 20.2. The number of nitrogens with zero attached hydrogens (tertiary/aromatic N) is 1. The smallest absolute Gasteiger partial charge is 0.251 e. The van der Waals surface area contributed by atoms with Gasteiger partial charge in [-0.05, 0) is 37.0 Å². The highest BCUT2D eigenvalue weighted by Crippen LogP contribution is 2.09. The SMILES string of the molecule is NC(CCl)=NCCC[C@H](NC(=O)c1ccccc1)C(=O)CCc1ccccc1. The molecule has 0 aliphatic heterocycles. The predicted molar refractivity (Wildman–Crippen MR) is 114 cm³/mol. The predicted octanol–water partition coefficient (Wildman–Crippen LogP) is 3.36. The van der Waals surface area contributed by atoms with Crippen LogP contribution in [0.25, 0.3) is 0 Å². The van der Waals surface area contributed by atoms with E-state index in [0.29, 0.717) is 43.6 Å². The van der Waals surface area contributed by atoms with Crippen LogP contribution in [0, 0.1) is 0 Å². The number of alkyl halides is 1. The molecule has 0 aliphatic rings. The van der Waals surface area contributed by atoms with Crippen LogP contribution < -0.4 is 11.1 Å². The number of Topliss-reactive ketones (excluding diaryl/α,β-unsaturated/α-hetero) is 1. The van der Waals surface area contributed by atoms with Crippen molar-refractivity contribution in [3.05, 3.63) is 71.8 Å². The third-order valence-corrected chi connectivity index (χ3v) is 4.61. The molecule has 0 aromatic heterocycles. The van der Waals surface area contributed by atoms with E-state index in [1.807, 2.05) is 36.4 Å². The van der Waals surface area contributed by atoms with Crippen LogP contribution in [0.3, 0.4) is 0 Å². The minimum Gasteiger partial charge on any atom is -0.386 e. The Kier molecular flexibility index (Phi) is 9.22. The number of benzene rings is 2. The Balaban J connectivity index is 1.97. The molecule has 2 aromatic rings. The van der Waals surface area contributed by atoms with Crippen LogP contribution in [0.4, 0.5) is 0 Å². The maximum atomic E-state index is 12.8. The fourth-order valence-corrected chi connectivity index (χ4v) is 2.88. The molecular weight excluding hydrogens is 374 g/mol. The molecule has 1 amide bonds. The minimum absolute atomic E-state index is 0.0161. The van der Waals surface area contributed by atoms with Gasteiger partial charge < -0.3 is 11.1 Å². The number of carbonyl (C=O) groups is 2. The van der Waals surface area contributed by atoms with E-state index in [1.165, 1.54) is 0 Å². The number of aryl methyl sites for hydroxylation is 1. The summed E-state index contributed by atoms with van der Waals surface area (Å²) in [6.45, 7) is 0.474. The zero-order valence-corrected chi connectivity index (χ0v) is 16.6. The van der Waals surface area contributed by atoms with E-state index in [2.05, 4.69) is 10.3 Å². The van der Waals surface area contributed by atoms with Gasteiger partial charge in [-0.15, -0.1) is 11.6 Å². The molecule has 0 spiro atoms. The molecule has 6 heteroatoms. The van der Waals surface area contributed by atoms with E-state index in [0.717, 1.165) is 5.56 Å². The lowest BCUT2D eigenvalue weighted by molar-refractivity contribution is -0.121. The normalized spacial score (nSPS) is 12.4. The topological polar surface area (TPSA) is 84.5 Å². The molecule has 0 unspecified atom stereocenters. The first-order chi connectivity index (χ1) is 13.6. The quantitative estimate of drug-likeness (QED) is 0.263. The van der Waals surface area contributed by atoms with Crippen LogP contribution in [0.1, 0.15) is 35.2 Å². The average Bonchev–Trinajstić information content (AvgIpc) is 2.75. The maximum absolute atomic E-state index is 12.8. The summed E-state index contributed by atoms with van der Waals surface area (Å²) in [5, 5.41) is 2.88. The molecule has 0 saturated carbocycles. The van der Waals surface area contributed by atoms with Crippen LogP contribution in [-0.4, -0.2) is 36.0 Å². The Morgan fingerprint density at radius 3 is 2.32 bits per heavy atom. The molecule has 1 atom stereocenters. The van der Waals surface area contributed by atoms with Crippen molar-refractivity contribution in [1.82, 2.24) is 5.32 Å². The molecule has 5 nitrogen and oxygen atoms in total. The fraction of sp³-hybridized carbons (Fsp3) is 0.318. The zero-order valence-electron chi connectivity index (χ0n) is 15.8. The van der Waals surface area contributed by atoms with Gasteiger partial charge in [0.25, 0.3) is 5.91 Å². The lowest BCUT2D eigenvalue weighted by Gasteiger charge is -2.18. The molecule has 0 heterocycles. The van der Waals surface area contributed by atoms with Gasteiger partial charge in [0, 0.05) is 18.5 Å². The van der Waals surface area contributed by atoms with Crippen molar-refractivity contribution in [2.45, 2.75) is 31.7 Å². The third-order valence-electron chi connectivity index (χ3n) is 4.34. The summed E-state index contributed by atoms with van der Waals surface area (Å²) in [7, 11) is 0. The minimum atomic E-state index is -0.552. The number of aliphatic imine (C=N–C) groups is 1. The van der Waals surface area contributed by atoms with E-state index in [-0.39, 0.29) is 17.6 Å². The average molecular weight is 400 g/mol. The van der Waals surface area contributed by atoms with Gasteiger partial charge in [0.2, 0.25) is 0 Å². The molecule has 0 saturated heterocycles. The summed E-state index contributed by atoms with van der Waals surface area (Å²) in [6, 6.07) is 18.2. The van der Waals surface area contributed by atoms with E-state index >= 15 is 0 Å². The maximum Gasteiger partial charge on any atom is 0.251 e. The number of ketones is 1. The van der Waals surface area contributed by atoms with Crippen molar-refractivity contribution in [3.8, 4) is 0 Å². The second-order valence-electron chi connectivity index (χ2n) is 6.49. The molecule has 2 rings (SSSR count). The van der Waals surface area contributed by atoms with Crippen molar-refractivity contribution in [1.29, 1.82) is 0 Å². The number of amidine groups is 1. The Morgan fingerprint density at radius 2 is 1.68 bits per heavy atom. The Hall–Kier alpha value is -2.66. The lowest BCUT2D eigenvalue weighted by Crippen LogP contribution is -2.41. The first-order valence-corrected chi connectivity index (χ1v) is 9.91. The highest BCUT2D eigenvalue weighted by Gasteiger charge is 2.20. The third kappa shape index (κ3) is 7.53. The van der Waals surface area contributed by atoms with Crippen molar-refractivity contribution in [2.75, 3.05) is 12.4 Å². The van der Waals surface area contributed by atoms with Gasteiger partial charge in [0.1, 0.15) is 5.84 Å². The number of carbonyl (C=O) groups excluding carboxylic acids is 2. The van der Waals surface area contributed by atoms with Crippen molar-refractivity contribution < 1.29 is 9.59 Å². The van der Waals surface area contributed by atoms with E-state index in [9.17, 15) is 9.59 Å². The summed E-state index contributed by atoms with van der Waals surface area (Å²) in [4.78, 5) is 29.4.